The van der Waals surface area contributed by atoms with Crippen molar-refractivity contribution in [3.8, 4) is 0 Å². The predicted octanol–water partition coefficient (Wildman–Crippen LogP) is 2.48. The van der Waals surface area contributed by atoms with Gasteiger partial charge in [-0.05, 0) is 18.9 Å². The van der Waals surface area contributed by atoms with Gasteiger partial charge in [0.1, 0.15) is 0 Å². The largest absolute Gasteiger partial charge is 0.338 e. The Bertz CT molecular complexity index is 413. The molecule has 0 saturated carbocycles. The van der Waals surface area contributed by atoms with E-state index in [4.69, 9.17) is 0 Å². The number of carbonyl (C=O) groups excluding carboxylic acids is 1. The molecule has 20 heavy (non-hydrogen) atoms. The summed E-state index contributed by atoms with van der Waals surface area (Å²) >= 11 is 0. The van der Waals surface area contributed by atoms with Gasteiger partial charge in [0.25, 0.3) is 0 Å². The number of rotatable bonds is 4. The van der Waals surface area contributed by atoms with Crippen molar-refractivity contribution < 1.29 is 4.79 Å². The van der Waals surface area contributed by atoms with Crippen LogP contribution >= 0.6 is 0 Å². The van der Waals surface area contributed by atoms with Crippen molar-refractivity contribution in [3.63, 3.8) is 0 Å². The van der Waals surface area contributed by atoms with Crippen LogP contribution in [0, 0.1) is 0 Å². The molecule has 2 rings (SSSR count). The summed E-state index contributed by atoms with van der Waals surface area (Å²) in [4.78, 5) is 16.3. The number of nitrogens with zero attached hydrogens (tertiary/aromatic N) is 2. The maximum atomic E-state index is 11.9. The fourth-order valence-electron chi connectivity index (χ4n) is 2.60. The zero-order valence-corrected chi connectivity index (χ0v) is 12.5. The third-order valence-corrected chi connectivity index (χ3v) is 3.96. The van der Waals surface area contributed by atoms with Gasteiger partial charge in [0, 0.05) is 38.8 Å². The summed E-state index contributed by atoms with van der Waals surface area (Å²) in [6.07, 6.45) is 0.983. The first-order valence-corrected chi connectivity index (χ1v) is 7.54. The number of carbonyl (C=O) groups is 1. The second-order valence-corrected chi connectivity index (χ2v) is 5.34. The van der Waals surface area contributed by atoms with Crippen LogP contribution in [-0.2, 0) is 0 Å². The van der Waals surface area contributed by atoms with Gasteiger partial charge in [0.05, 0.1) is 0 Å². The first kappa shape index (κ1) is 14.9. The van der Waals surface area contributed by atoms with Crippen molar-refractivity contribution >= 4 is 6.03 Å². The topological polar surface area (TPSA) is 35.6 Å². The normalized spacial score (nSPS) is 17.8. The van der Waals surface area contributed by atoms with Crippen molar-refractivity contribution in [1.29, 1.82) is 0 Å². The third kappa shape index (κ3) is 3.73. The lowest BCUT2D eigenvalue weighted by Gasteiger charge is -2.38. The van der Waals surface area contributed by atoms with Gasteiger partial charge in [-0.15, -0.1) is 0 Å². The van der Waals surface area contributed by atoms with Gasteiger partial charge in [-0.2, -0.15) is 0 Å². The molecule has 2 amide bonds. The van der Waals surface area contributed by atoms with Crippen molar-refractivity contribution in [3.05, 3.63) is 35.9 Å². The molecule has 1 atom stereocenters. The van der Waals surface area contributed by atoms with Gasteiger partial charge >= 0.3 is 6.03 Å². The smallest absolute Gasteiger partial charge is 0.317 e. The minimum absolute atomic E-state index is 0.0823. The van der Waals surface area contributed by atoms with Crippen molar-refractivity contribution in [2.45, 2.75) is 26.3 Å². The van der Waals surface area contributed by atoms with Gasteiger partial charge in [-0.1, -0.05) is 37.3 Å². The highest BCUT2D eigenvalue weighted by molar-refractivity contribution is 5.74. The monoisotopic (exact) mass is 275 g/mol. The summed E-state index contributed by atoms with van der Waals surface area (Å²) in [6.45, 7) is 8.58. The van der Waals surface area contributed by atoms with Crippen LogP contribution in [0.2, 0.25) is 0 Å². The molecule has 4 nitrogen and oxygen atoms in total. The van der Waals surface area contributed by atoms with E-state index in [1.807, 2.05) is 11.0 Å². The minimum atomic E-state index is 0.0823. The fraction of sp³-hybridized carbons (Fsp3) is 0.562. The summed E-state index contributed by atoms with van der Waals surface area (Å²) in [6, 6.07) is 11.1. The molecule has 1 aromatic rings. The maximum absolute atomic E-state index is 11.9. The molecule has 4 heteroatoms. The van der Waals surface area contributed by atoms with E-state index in [-0.39, 0.29) is 6.03 Å². The van der Waals surface area contributed by atoms with Crippen LogP contribution < -0.4 is 5.32 Å². The summed E-state index contributed by atoms with van der Waals surface area (Å²) in [5.74, 6) is 0. The highest BCUT2D eigenvalue weighted by Gasteiger charge is 2.24. The zero-order chi connectivity index (χ0) is 14.4. The molecular formula is C16H25N3O. The highest BCUT2D eigenvalue weighted by atomic mass is 16.2. The average Bonchev–Trinajstić information content (AvgIpc) is 2.53. The van der Waals surface area contributed by atoms with Gasteiger partial charge in [-0.25, -0.2) is 4.79 Å². The molecule has 0 bridgehead atoms. The SMILES string of the molecule is CCCNC(=O)N1CCN(C(C)c2ccccc2)CC1. The molecule has 0 radical (unpaired) electrons. The molecule has 0 aliphatic carbocycles. The van der Waals surface area contributed by atoms with E-state index in [1.165, 1.54) is 5.56 Å². The van der Waals surface area contributed by atoms with E-state index in [1.54, 1.807) is 0 Å². The lowest BCUT2D eigenvalue weighted by atomic mass is 10.1. The van der Waals surface area contributed by atoms with Gasteiger partial charge < -0.3 is 10.2 Å². The van der Waals surface area contributed by atoms with Crippen LogP contribution in [0.3, 0.4) is 0 Å². The molecule has 0 aromatic heterocycles. The standard InChI is InChI=1S/C16H25N3O/c1-3-9-17-16(20)19-12-10-18(11-13-19)14(2)15-7-5-4-6-8-15/h4-8,14H,3,9-13H2,1-2H3,(H,17,20). The van der Waals surface area contributed by atoms with Crippen LogP contribution in [0.1, 0.15) is 31.9 Å². The molecule has 1 aliphatic heterocycles. The molecule has 110 valence electrons. The van der Waals surface area contributed by atoms with E-state index >= 15 is 0 Å². The van der Waals surface area contributed by atoms with Crippen molar-refractivity contribution in [1.82, 2.24) is 15.1 Å². The summed E-state index contributed by atoms with van der Waals surface area (Å²) < 4.78 is 0. The number of hydrogen-bond acceptors (Lipinski definition) is 2. The van der Waals surface area contributed by atoms with Crippen LogP contribution in [-0.4, -0.2) is 48.6 Å². The summed E-state index contributed by atoms with van der Waals surface area (Å²) in [7, 11) is 0. The number of piperazine rings is 1. The Morgan fingerprint density at radius 2 is 1.85 bits per heavy atom. The zero-order valence-electron chi connectivity index (χ0n) is 12.5. The Balaban J connectivity index is 1.83. The minimum Gasteiger partial charge on any atom is -0.338 e. The Hall–Kier alpha value is -1.55. The molecule has 1 fully saturated rings. The van der Waals surface area contributed by atoms with Gasteiger partial charge in [0.15, 0.2) is 0 Å². The van der Waals surface area contributed by atoms with Crippen molar-refractivity contribution in [2.24, 2.45) is 0 Å². The molecule has 1 unspecified atom stereocenters. The van der Waals surface area contributed by atoms with Gasteiger partial charge in [0.2, 0.25) is 0 Å². The first-order chi connectivity index (χ1) is 9.72. The maximum Gasteiger partial charge on any atom is 0.317 e. The van der Waals surface area contributed by atoms with E-state index < -0.39 is 0 Å². The summed E-state index contributed by atoms with van der Waals surface area (Å²) in [5, 5.41) is 2.95. The quantitative estimate of drug-likeness (QED) is 0.916. The highest BCUT2D eigenvalue weighted by Crippen LogP contribution is 2.21. The summed E-state index contributed by atoms with van der Waals surface area (Å²) in [5.41, 5.74) is 1.34. The van der Waals surface area contributed by atoms with Crippen LogP contribution in [0.5, 0.6) is 0 Å². The van der Waals surface area contributed by atoms with E-state index in [2.05, 4.69) is 48.3 Å². The predicted molar refractivity (Wildman–Crippen MR) is 81.7 cm³/mol. The second kappa shape index (κ2) is 7.29. The molecule has 1 saturated heterocycles. The fourth-order valence-corrected chi connectivity index (χ4v) is 2.60. The Kier molecular flexibility index (Phi) is 5.41. The van der Waals surface area contributed by atoms with E-state index in [0.29, 0.717) is 6.04 Å². The number of urea groups is 1. The van der Waals surface area contributed by atoms with Crippen LogP contribution in [0.25, 0.3) is 0 Å². The molecule has 1 heterocycles. The lowest BCUT2D eigenvalue weighted by molar-refractivity contribution is 0.114. The van der Waals surface area contributed by atoms with Crippen LogP contribution in [0.15, 0.2) is 30.3 Å². The Morgan fingerprint density at radius 3 is 2.45 bits per heavy atom. The lowest BCUT2D eigenvalue weighted by Crippen LogP contribution is -2.52. The third-order valence-electron chi connectivity index (χ3n) is 3.96. The van der Waals surface area contributed by atoms with E-state index in [0.717, 1.165) is 39.1 Å². The molecule has 1 aliphatic rings. The molecular weight excluding hydrogens is 250 g/mol. The Labute approximate surface area is 121 Å². The number of nitrogens with one attached hydrogen (secondary N) is 1. The number of hydrogen-bond donors (Lipinski definition) is 1. The molecule has 1 aromatic carbocycles. The van der Waals surface area contributed by atoms with Crippen LogP contribution in [0.4, 0.5) is 4.79 Å². The Morgan fingerprint density at radius 1 is 1.20 bits per heavy atom. The van der Waals surface area contributed by atoms with Crippen molar-refractivity contribution in [2.75, 3.05) is 32.7 Å². The number of benzene rings is 1. The molecule has 1 N–H and O–H groups in total. The average molecular weight is 275 g/mol. The second-order valence-electron chi connectivity index (χ2n) is 5.34. The van der Waals surface area contributed by atoms with E-state index in [9.17, 15) is 4.79 Å². The first-order valence-electron chi connectivity index (χ1n) is 7.54. The molecule has 0 spiro atoms. The van der Waals surface area contributed by atoms with Gasteiger partial charge in [-0.3, -0.25) is 4.90 Å². The number of amides is 2.